The van der Waals surface area contributed by atoms with E-state index in [9.17, 15) is 9.59 Å². The molecule has 1 fully saturated rings. The molecule has 34 heavy (non-hydrogen) atoms. The van der Waals surface area contributed by atoms with Crippen molar-refractivity contribution in [2.24, 2.45) is 10.9 Å². The Hall–Kier alpha value is -3.35. The lowest BCUT2D eigenvalue weighted by Crippen LogP contribution is -2.49. The molecule has 0 saturated carbocycles. The van der Waals surface area contributed by atoms with E-state index in [1.54, 1.807) is 4.90 Å². The molecule has 3 amide bonds. The maximum Gasteiger partial charge on any atom is 0.321 e. The van der Waals surface area contributed by atoms with Crippen LogP contribution in [0.25, 0.3) is 0 Å². The zero-order valence-corrected chi connectivity index (χ0v) is 20.4. The van der Waals surface area contributed by atoms with Gasteiger partial charge >= 0.3 is 6.03 Å². The van der Waals surface area contributed by atoms with Crippen LogP contribution < -0.4 is 15.5 Å². The van der Waals surface area contributed by atoms with Crippen LogP contribution in [0.15, 0.2) is 53.5 Å². The second-order valence-electron chi connectivity index (χ2n) is 9.58. The molecule has 0 spiro atoms. The van der Waals surface area contributed by atoms with Crippen LogP contribution in [0.3, 0.4) is 0 Å². The number of benzene rings is 2. The number of carbonyl (C=O) groups is 2. The molecule has 7 heteroatoms. The summed E-state index contributed by atoms with van der Waals surface area (Å²) >= 11 is 0. The summed E-state index contributed by atoms with van der Waals surface area (Å²) in [5.74, 6) is 0.835. The fourth-order valence-corrected chi connectivity index (χ4v) is 4.61. The summed E-state index contributed by atoms with van der Waals surface area (Å²) in [5.41, 5.74) is 3.52. The number of amides is 3. The van der Waals surface area contributed by atoms with Crippen molar-refractivity contribution >= 4 is 29.1 Å². The molecule has 2 N–H and O–H groups in total. The van der Waals surface area contributed by atoms with E-state index in [0.717, 1.165) is 48.6 Å². The molecule has 1 atom stereocenters. The fourth-order valence-electron chi connectivity index (χ4n) is 4.61. The molecule has 180 valence electrons. The van der Waals surface area contributed by atoms with Crippen LogP contribution in [-0.2, 0) is 4.79 Å². The van der Waals surface area contributed by atoms with Crippen LogP contribution in [0.1, 0.15) is 50.7 Å². The Balaban J connectivity index is 1.69. The van der Waals surface area contributed by atoms with Crippen molar-refractivity contribution in [1.82, 2.24) is 10.2 Å². The summed E-state index contributed by atoms with van der Waals surface area (Å²) in [6.45, 7) is 8.49. The maximum atomic E-state index is 13.7. The molecule has 0 radical (unpaired) electrons. The number of nitrogens with one attached hydrogen (secondary N) is 2. The van der Waals surface area contributed by atoms with Gasteiger partial charge in [0.25, 0.3) is 5.91 Å². The van der Waals surface area contributed by atoms with E-state index >= 15 is 0 Å². The summed E-state index contributed by atoms with van der Waals surface area (Å²) in [7, 11) is 0. The monoisotopic (exact) mass is 461 g/mol. The highest BCUT2D eigenvalue weighted by molar-refractivity contribution is 6.12. The minimum absolute atomic E-state index is 0.217. The van der Waals surface area contributed by atoms with E-state index in [1.807, 2.05) is 55.5 Å². The number of aliphatic imine (C=N–C) groups is 1. The zero-order chi connectivity index (χ0) is 24.1. The van der Waals surface area contributed by atoms with E-state index in [-0.39, 0.29) is 11.8 Å². The van der Waals surface area contributed by atoms with Gasteiger partial charge in [-0.3, -0.25) is 4.79 Å². The highest BCUT2D eigenvalue weighted by Gasteiger charge is 2.34. The number of likely N-dealkylation sites (tertiary alicyclic amines) is 1. The number of hydrogen-bond acceptors (Lipinski definition) is 4. The largest absolute Gasteiger partial charge is 0.356 e. The lowest BCUT2D eigenvalue weighted by Gasteiger charge is -2.28. The van der Waals surface area contributed by atoms with Crippen LogP contribution >= 0.6 is 0 Å². The maximum absolute atomic E-state index is 13.7. The number of amidine groups is 1. The van der Waals surface area contributed by atoms with Crippen molar-refractivity contribution < 1.29 is 9.59 Å². The number of anilines is 2. The first kappa shape index (κ1) is 23.8. The van der Waals surface area contributed by atoms with E-state index in [1.165, 1.54) is 12.8 Å². The first-order chi connectivity index (χ1) is 16.4. The summed E-state index contributed by atoms with van der Waals surface area (Å²) < 4.78 is 0. The van der Waals surface area contributed by atoms with Gasteiger partial charge in [0.05, 0.1) is 5.69 Å². The third-order valence-electron chi connectivity index (χ3n) is 6.18. The highest BCUT2D eigenvalue weighted by atomic mass is 16.2. The second kappa shape index (κ2) is 10.7. The number of nitrogens with zero attached hydrogens (tertiary/aromatic N) is 3. The minimum atomic E-state index is -1.01. The van der Waals surface area contributed by atoms with Crippen LogP contribution in [0.2, 0.25) is 0 Å². The van der Waals surface area contributed by atoms with E-state index in [2.05, 4.69) is 29.4 Å². The van der Waals surface area contributed by atoms with Gasteiger partial charge in [-0.15, -0.1) is 0 Å². The number of carbonyl (C=O) groups excluding carboxylic acids is 2. The first-order valence-electron chi connectivity index (χ1n) is 12.3. The molecule has 4 rings (SSSR count). The van der Waals surface area contributed by atoms with Gasteiger partial charge in [0.2, 0.25) is 6.17 Å². The van der Waals surface area contributed by atoms with Gasteiger partial charge in [0.1, 0.15) is 5.84 Å². The summed E-state index contributed by atoms with van der Waals surface area (Å²) in [4.78, 5) is 35.6. The van der Waals surface area contributed by atoms with Crippen LogP contribution in [0.4, 0.5) is 16.2 Å². The summed E-state index contributed by atoms with van der Waals surface area (Å²) in [6, 6.07) is 15.1. The topological polar surface area (TPSA) is 77.0 Å². The molecule has 2 aliphatic rings. The minimum Gasteiger partial charge on any atom is -0.356 e. The van der Waals surface area contributed by atoms with Gasteiger partial charge in [-0.1, -0.05) is 51.0 Å². The summed E-state index contributed by atoms with van der Waals surface area (Å²) in [6.07, 6.45) is 3.58. The van der Waals surface area contributed by atoms with Crippen molar-refractivity contribution in [3.05, 3.63) is 59.7 Å². The molecule has 1 saturated heterocycles. The number of fused-ring (bicyclic) bond motifs is 1. The molecule has 2 aromatic rings. The van der Waals surface area contributed by atoms with Crippen molar-refractivity contribution in [2.75, 3.05) is 29.9 Å². The van der Waals surface area contributed by atoms with E-state index < -0.39 is 12.2 Å². The van der Waals surface area contributed by atoms with Crippen molar-refractivity contribution in [2.45, 2.75) is 52.6 Å². The average molecular weight is 462 g/mol. The SMILES string of the molecule is Cc1cccc(NC(=O)NC2N=C(N3CCCCCC3)c3ccccc3N(CC(C)C)C2=O)c1. The third kappa shape index (κ3) is 5.58. The Morgan fingerprint density at radius 3 is 2.50 bits per heavy atom. The van der Waals surface area contributed by atoms with Crippen molar-refractivity contribution in [3.63, 3.8) is 0 Å². The van der Waals surface area contributed by atoms with Crippen molar-refractivity contribution in [3.8, 4) is 0 Å². The number of para-hydroxylation sites is 1. The molecular formula is C27H35N5O2. The predicted octanol–water partition coefficient (Wildman–Crippen LogP) is 4.77. The Morgan fingerprint density at radius 1 is 1.06 bits per heavy atom. The molecule has 0 bridgehead atoms. The van der Waals surface area contributed by atoms with Crippen LogP contribution in [-0.4, -0.2) is 48.5 Å². The number of aryl methyl sites for hydroxylation is 1. The Labute approximate surface area is 202 Å². The quantitative estimate of drug-likeness (QED) is 0.689. The van der Waals surface area contributed by atoms with Gasteiger partial charge in [-0.2, -0.15) is 0 Å². The van der Waals surface area contributed by atoms with Gasteiger partial charge in [-0.25, -0.2) is 9.79 Å². The lowest BCUT2D eigenvalue weighted by atomic mass is 10.1. The average Bonchev–Trinajstić information content (AvgIpc) is 3.13. The normalized spacial score (nSPS) is 18.6. The van der Waals surface area contributed by atoms with Gasteiger partial charge < -0.3 is 20.4 Å². The molecule has 2 aliphatic heterocycles. The molecule has 7 nitrogen and oxygen atoms in total. The Bertz CT molecular complexity index is 1060. The Kier molecular flexibility index (Phi) is 7.50. The number of urea groups is 1. The Morgan fingerprint density at radius 2 is 1.79 bits per heavy atom. The smallest absolute Gasteiger partial charge is 0.321 e. The summed E-state index contributed by atoms with van der Waals surface area (Å²) in [5, 5.41) is 5.69. The van der Waals surface area contributed by atoms with E-state index in [4.69, 9.17) is 4.99 Å². The van der Waals surface area contributed by atoms with Crippen LogP contribution in [0, 0.1) is 12.8 Å². The molecule has 0 aliphatic carbocycles. The standard InChI is InChI=1S/C27H35N5O2/c1-19(2)18-32-23-14-7-6-13-22(23)25(31-15-8-4-5-9-16-31)29-24(26(32)33)30-27(34)28-21-12-10-11-20(3)17-21/h6-7,10-14,17,19,24H,4-5,8-9,15-16,18H2,1-3H3,(H2,28,30,34). The highest BCUT2D eigenvalue weighted by Crippen LogP contribution is 2.28. The molecule has 2 aromatic carbocycles. The first-order valence-corrected chi connectivity index (χ1v) is 12.3. The number of benzodiazepines with no additional fused rings is 1. The second-order valence-corrected chi connectivity index (χ2v) is 9.58. The van der Waals surface area contributed by atoms with Crippen molar-refractivity contribution in [1.29, 1.82) is 0 Å². The lowest BCUT2D eigenvalue weighted by molar-refractivity contribution is -0.120. The molecule has 1 unspecified atom stereocenters. The third-order valence-corrected chi connectivity index (χ3v) is 6.18. The van der Waals surface area contributed by atoms with Gasteiger partial charge in [0.15, 0.2) is 0 Å². The molecular weight excluding hydrogens is 426 g/mol. The molecule has 2 heterocycles. The predicted molar refractivity (Wildman–Crippen MR) is 137 cm³/mol. The number of hydrogen-bond donors (Lipinski definition) is 2. The van der Waals surface area contributed by atoms with Gasteiger partial charge in [-0.05, 0) is 55.5 Å². The van der Waals surface area contributed by atoms with E-state index in [0.29, 0.717) is 12.2 Å². The fraction of sp³-hybridized carbons (Fsp3) is 0.444. The van der Waals surface area contributed by atoms with Crippen LogP contribution in [0.5, 0.6) is 0 Å². The number of rotatable bonds is 4. The van der Waals surface area contributed by atoms with Gasteiger partial charge in [0, 0.05) is 30.9 Å². The molecule has 0 aromatic heterocycles. The zero-order valence-electron chi connectivity index (χ0n) is 20.4.